The summed E-state index contributed by atoms with van der Waals surface area (Å²) < 4.78 is 25.4. The smallest absolute Gasteiger partial charge is 0.246 e. The minimum atomic E-state index is -3.23. The summed E-state index contributed by atoms with van der Waals surface area (Å²) >= 11 is 0. The molecule has 1 saturated heterocycles. The topological polar surface area (TPSA) is 99.9 Å². The van der Waals surface area contributed by atoms with E-state index in [1.54, 1.807) is 36.5 Å². The van der Waals surface area contributed by atoms with Gasteiger partial charge in [0.1, 0.15) is 6.54 Å². The summed E-state index contributed by atoms with van der Waals surface area (Å²) in [5.74, 6) is 0.512. The molecule has 28 heavy (non-hydrogen) atoms. The lowest BCUT2D eigenvalue weighted by Gasteiger charge is -2.35. The second-order valence-corrected chi connectivity index (χ2v) is 10.4. The minimum absolute atomic E-state index is 0. The van der Waals surface area contributed by atoms with Crippen molar-refractivity contribution in [1.29, 1.82) is 0 Å². The van der Waals surface area contributed by atoms with E-state index in [0.717, 1.165) is 5.69 Å². The Morgan fingerprint density at radius 2 is 2.00 bits per heavy atom. The van der Waals surface area contributed by atoms with Crippen molar-refractivity contribution < 1.29 is 13.2 Å². The molecule has 1 aliphatic rings. The maximum atomic E-state index is 12.6. The van der Waals surface area contributed by atoms with Gasteiger partial charge in [-0.2, -0.15) is 5.10 Å². The molecule has 0 aromatic carbocycles. The molecule has 1 aromatic rings. The molecule has 1 aromatic heterocycles. The van der Waals surface area contributed by atoms with E-state index in [-0.39, 0.29) is 48.7 Å². The second kappa shape index (κ2) is 9.90. The molecular formula is C17H31IN6O3S. The van der Waals surface area contributed by atoms with Gasteiger partial charge >= 0.3 is 0 Å². The Bertz CT molecular complexity index is 800. The minimum Gasteiger partial charge on any atom is -0.357 e. The van der Waals surface area contributed by atoms with Crippen molar-refractivity contribution in [3.05, 3.63) is 12.4 Å². The summed E-state index contributed by atoms with van der Waals surface area (Å²) in [6.07, 6.45) is 3.48. The number of guanidine groups is 1. The van der Waals surface area contributed by atoms with Gasteiger partial charge in [0.25, 0.3) is 0 Å². The predicted octanol–water partition coefficient (Wildman–Crippen LogP) is 0.866. The average Bonchev–Trinajstić information content (AvgIpc) is 2.99. The highest BCUT2D eigenvalue weighted by molar-refractivity contribution is 14.0. The number of piperazine rings is 1. The molecule has 1 amide bonds. The summed E-state index contributed by atoms with van der Waals surface area (Å²) in [6, 6.07) is 0. The molecular weight excluding hydrogens is 495 g/mol. The molecule has 9 nitrogen and oxygen atoms in total. The van der Waals surface area contributed by atoms with Gasteiger partial charge in [-0.05, 0) is 27.7 Å². The van der Waals surface area contributed by atoms with Crippen LogP contribution in [0.15, 0.2) is 17.4 Å². The van der Waals surface area contributed by atoms with Gasteiger partial charge < -0.3 is 15.1 Å². The van der Waals surface area contributed by atoms with Crippen molar-refractivity contribution >= 4 is 51.4 Å². The number of hydrogen-bond donors (Lipinski definition) is 1. The number of anilines is 1. The molecule has 0 atom stereocenters. The fourth-order valence-electron chi connectivity index (χ4n) is 2.68. The molecule has 0 bridgehead atoms. The van der Waals surface area contributed by atoms with E-state index in [1.165, 1.54) is 0 Å². The quantitative estimate of drug-likeness (QED) is 0.347. The number of aliphatic imine (C=N–C) groups is 1. The largest absolute Gasteiger partial charge is 0.357 e. The third-order valence-corrected chi connectivity index (χ3v) is 7.00. The SMILES string of the molecule is CCNC(=NCCS(=O)(=O)C(C)(C)C)N1CCN(c2cnn(C)c2)C(=O)C1.I. The zero-order valence-corrected chi connectivity index (χ0v) is 20.3. The van der Waals surface area contributed by atoms with Crippen molar-refractivity contribution in [3.8, 4) is 0 Å². The normalized spacial score (nSPS) is 16.2. The summed E-state index contributed by atoms with van der Waals surface area (Å²) in [5, 5.41) is 7.26. The predicted molar refractivity (Wildman–Crippen MR) is 122 cm³/mol. The summed E-state index contributed by atoms with van der Waals surface area (Å²) in [7, 11) is -1.42. The maximum Gasteiger partial charge on any atom is 0.246 e. The number of nitrogens with zero attached hydrogens (tertiary/aromatic N) is 5. The van der Waals surface area contributed by atoms with Crippen LogP contribution in [0.4, 0.5) is 5.69 Å². The first-order valence-electron chi connectivity index (χ1n) is 9.09. The van der Waals surface area contributed by atoms with Crippen LogP contribution >= 0.6 is 24.0 Å². The zero-order chi connectivity index (χ0) is 20.2. The third-order valence-electron chi connectivity index (χ3n) is 4.41. The van der Waals surface area contributed by atoms with Crippen molar-refractivity contribution in [3.63, 3.8) is 0 Å². The maximum absolute atomic E-state index is 12.6. The van der Waals surface area contributed by atoms with Gasteiger partial charge in [0.2, 0.25) is 5.91 Å². The molecule has 0 unspecified atom stereocenters. The number of carbonyl (C=O) groups excluding carboxylic acids is 1. The van der Waals surface area contributed by atoms with Crippen LogP contribution in [-0.2, 0) is 21.7 Å². The van der Waals surface area contributed by atoms with E-state index in [9.17, 15) is 13.2 Å². The lowest BCUT2D eigenvalue weighted by atomic mass is 10.3. The van der Waals surface area contributed by atoms with E-state index in [0.29, 0.717) is 25.6 Å². The first-order valence-corrected chi connectivity index (χ1v) is 10.7. The standard InChI is InChI=1S/C17H30N6O3S.HI/c1-6-18-16(19-7-10-27(25,26)17(2,3)4)22-8-9-23(15(24)13-22)14-11-20-21(5)12-14;/h11-12H,6-10,13H2,1-5H3,(H,18,19);1H. The number of amides is 1. The molecule has 1 aliphatic heterocycles. The third kappa shape index (κ3) is 6.06. The van der Waals surface area contributed by atoms with E-state index >= 15 is 0 Å². The Morgan fingerprint density at radius 1 is 1.32 bits per heavy atom. The lowest BCUT2D eigenvalue weighted by molar-refractivity contribution is -0.120. The van der Waals surface area contributed by atoms with Gasteiger partial charge in [-0.1, -0.05) is 0 Å². The highest BCUT2D eigenvalue weighted by Crippen LogP contribution is 2.17. The number of nitrogens with one attached hydrogen (secondary N) is 1. The Hall–Kier alpha value is -1.37. The van der Waals surface area contributed by atoms with Crippen LogP contribution in [0.25, 0.3) is 0 Å². The number of halogens is 1. The number of aromatic nitrogens is 2. The summed E-state index contributed by atoms with van der Waals surface area (Å²) in [6.45, 7) is 9.13. The van der Waals surface area contributed by atoms with Gasteiger partial charge in [-0.15, -0.1) is 24.0 Å². The highest BCUT2D eigenvalue weighted by Gasteiger charge is 2.29. The van der Waals surface area contributed by atoms with Crippen LogP contribution in [0.2, 0.25) is 0 Å². The number of hydrogen-bond acceptors (Lipinski definition) is 5. The van der Waals surface area contributed by atoms with Crippen molar-refractivity contribution in [2.24, 2.45) is 12.0 Å². The summed E-state index contributed by atoms with van der Waals surface area (Å²) in [5.41, 5.74) is 0.778. The number of rotatable bonds is 5. The highest BCUT2D eigenvalue weighted by atomic mass is 127. The monoisotopic (exact) mass is 526 g/mol. The Labute approximate surface area is 184 Å². The molecule has 1 fully saturated rings. The van der Waals surface area contributed by atoms with E-state index in [1.807, 2.05) is 25.1 Å². The van der Waals surface area contributed by atoms with Crippen LogP contribution in [0.1, 0.15) is 27.7 Å². The van der Waals surface area contributed by atoms with Gasteiger partial charge in [0.05, 0.1) is 28.9 Å². The number of aryl methyl sites for hydroxylation is 1. The first-order chi connectivity index (χ1) is 12.5. The Morgan fingerprint density at radius 3 is 2.50 bits per heavy atom. The lowest BCUT2D eigenvalue weighted by Crippen LogP contribution is -2.55. The zero-order valence-electron chi connectivity index (χ0n) is 17.2. The molecule has 0 spiro atoms. The van der Waals surface area contributed by atoms with Gasteiger partial charge in [0.15, 0.2) is 15.8 Å². The second-order valence-electron chi connectivity index (χ2n) is 7.51. The van der Waals surface area contributed by atoms with Crippen molar-refractivity contribution in [2.45, 2.75) is 32.4 Å². The molecule has 0 radical (unpaired) electrons. The van der Waals surface area contributed by atoms with Crippen LogP contribution in [0.3, 0.4) is 0 Å². The molecule has 160 valence electrons. The fraction of sp³-hybridized carbons (Fsp3) is 0.706. The van der Waals surface area contributed by atoms with Gasteiger partial charge in [-0.3, -0.25) is 14.5 Å². The van der Waals surface area contributed by atoms with Crippen LogP contribution in [-0.4, -0.2) is 78.2 Å². The number of carbonyl (C=O) groups is 1. The van der Waals surface area contributed by atoms with E-state index < -0.39 is 14.6 Å². The van der Waals surface area contributed by atoms with Crippen LogP contribution < -0.4 is 10.2 Å². The van der Waals surface area contributed by atoms with Gasteiger partial charge in [-0.25, -0.2) is 8.42 Å². The fourth-order valence-corrected chi connectivity index (χ4v) is 3.62. The molecule has 2 rings (SSSR count). The van der Waals surface area contributed by atoms with E-state index in [2.05, 4.69) is 15.4 Å². The van der Waals surface area contributed by atoms with Crippen LogP contribution in [0.5, 0.6) is 0 Å². The van der Waals surface area contributed by atoms with E-state index in [4.69, 9.17) is 0 Å². The van der Waals surface area contributed by atoms with Crippen LogP contribution in [0, 0.1) is 0 Å². The molecule has 0 aliphatic carbocycles. The van der Waals surface area contributed by atoms with Crippen molar-refractivity contribution in [1.82, 2.24) is 20.0 Å². The van der Waals surface area contributed by atoms with Crippen molar-refractivity contribution in [2.75, 3.05) is 43.4 Å². The average molecular weight is 526 g/mol. The van der Waals surface area contributed by atoms with Gasteiger partial charge in [0, 0.05) is 32.9 Å². The Kier molecular flexibility index (Phi) is 8.72. The molecule has 0 saturated carbocycles. The first kappa shape index (κ1) is 24.7. The summed E-state index contributed by atoms with van der Waals surface area (Å²) in [4.78, 5) is 20.6. The Balaban J connectivity index is 0.00000392. The molecule has 11 heteroatoms. The number of sulfone groups is 1. The molecule has 2 heterocycles. The molecule has 1 N–H and O–H groups in total.